The SMILES string of the molecule is CC(Nc1nc(-c2ccccc2)ns1)c1ccc2c(c1)NC(=O)CO2. The van der Waals surface area contributed by atoms with Gasteiger partial charge in [-0.25, -0.2) is 0 Å². The number of nitrogens with zero attached hydrogens (tertiary/aromatic N) is 2. The Morgan fingerprint density at radius 2 is 2.08 bits per heavy atom. The lowest BCUT2D eigenvalue weighted by molar-refractivity contribution is -0.118. The van der Waals surface area contributed by atoms with Crippen molar-refractivity contribution >= 4 is 28.3 Å². The molecular formula is C18H16N4O2S. The number of fused-ring (bicyclic) bond motifs is 1. The zero-order valence-corrected chi connectivity index (χ0v) is 14.3. The molecule has 1 atom stereocenters. The summed E-state index contributed by atoms with van der Waals surface area (Å²) in [6.45, 7) is 2.10. The van der Waals surface area contributed by atoms with Gasteiger partial charge in [-0.3, -0.25) is 4.79 Å². The van der Waals surface area contributed by atoms with Gasteiger partial charge in [0.15, 0.2) is 12.4 Å². The molecule has 1 aromatic heterocycles. The summed E-state index contributed by atoms with van der Waals surface area (Å²) in [7, 11) is 0. The summed E-state index contributed by atoms with van der Waals surface area (Å²) in [6.07, 6.45) is 0. The van der Waals surface area contributed by atoms with E-state index in [2.05, 4.69) is 20.0 Å². The molecule has 0 fully saturated rings. The third-order valence-corrected chi connectivity index (χ3v) is 4.58. The predicted molar refractivity (Wildman–Crippen MR) is 97.9 cm³/mol. The minimum atomic E-state index is -0.137. The maximum absolute atomic E-state index is 11.5. The van der Waals surface area contributed by atoms with Crippen LogP contribution < -0.4 is 15.4 Å². The Balaban J connectivity index is 1.51. The number of hydrogen-bond donors (Lipinski definition) is 2. The molecule has 0 aliphatic carbocycles. The Morgan fingerprint density at radius 3 is 2.92 bits per heavy atom. The van der Waals surface area contributed by atoms with E-state index in [1.165, 1.54) is 11.5 Å². The summed E-state index contributed by atoms with van der Waals surface area (Å²) in [5, 5.41) is 6.94. The van der Waals surface area contributed by atoms with Crippen molar-refractivity contribution < 1.29 is 9.53 Å². The van der Waals surface area contributed by atoms with Crippen LogP contribution >= 0.6 is 11.5 Å². The van der Waals surface area contributed by atoms with E-state index in [4.69, 9.17) is 4.74 Å². The summed E-state index contributed by atoms with van der Waals surface area (Å²) in [5.41, 5.74) is 2.72. The second kappa shape index (κ2) is 6.52. The monoisotopic (exact) mass is 352 g/mol. The van der Waals surface area contributed by atoms with Crippen molar-refractivity contribution in [2.24, 2.45) is 0 Å². The highest BCUT2D eigenvalue weighted by Crippen LogP contribution is 2.32. The number of anilines is 2. The summed E-state index contributed by atoms with van der Waals surface area (Å²) in [4.78, 5) is 16.0. The van der Waals surface area contributed by atoms with Gasteiger partial charge in [0.05, 0.1) is 11.7 Å². The molecule has 25 heavy (non-hydrogen) atoms. The Labute approximate surface area is 149 Å². The molecule has 1 unspecified atom stereocenters. The fourth-order valence-corrected chi connectivity index (χ4v) is 3.30. The largest absolute Gasteiger partial charge is 0.482 e. The van der Waals surface area contributed by atoms with Crippen LogP contribution in [0.3, 0.4) is 0 Å². The zero-order valence-electron chi connectivity index (χ0n) is 13.5. The van der Waals surface area contributed by atoms with Crippen LogP contribution in [-0.4, -0.2) is 21.9 Å². The van der Waals surface area contributed by atoms with E-state index in [1.54, 1.807) is 0 Å². The molecule has 4 rings (SSSR count). The number of benzene rings is 2. The van der Waals surface area contributed by atoms with Crippen LogP contribution in [0.4, 0.5) is 10.8 Å². The molecule has 2 heterocycles. The maximum Gasteiger partial charge on any atom is 0.262 e. The average Bonchev–Trinajstić information content (AvgIpc) is 3.10. The first-order valence-corrected chi connectivity index (χ1v) is 8.68. The van der Waals surface area contributed by atoms with E-state index in [1.807, 2.05) is 55.5 Å². The first kappa shape index (κ1) is 15.6. The standard InChI is InChI=1S/C18H16N4O2S/c1-11(13-7-8-15-14(9-13)20-16(23)10-24-15)19-18-21-17(22-25-18)12-5-3-2-4-6-12/h2-9,11H,10H2,1H3,(H,20,23)(H,19,21,22). The predicted octanol–water partition coefficient (Wildman–Crippen LogP) is 3.71. The highest BCUT2D eigenvalue weighted by Gasteiger charge is 2.18. The summed E-state index contributed by atoms with van der Waals surface area (Å²) in [5.74, 6) is 1.27. The van der Waals surface area contributed by atoms with Gasteiger partial charge in [-0.05, 0) is 24.6 Å². The van der Waals surface area contributed by atoms with Crippen molar-refractivity contribution in [2.45, 2.75) is 13.0 Å². The van der Waals surface area contributed by atoms with Crippen molar-refractivity contribution in [3.8, 4) is 17.1 Å². The molecule has 0 saturated carbocycles. The Hall–Kier alpha value is -2.93. The number of carbonyl (C=O) groups excluding carboxylic acids is 1. The van der Waals surface area contributed by atoms with Crippen LogP contribution in [0.15, 0.2) is 48.5 Å². The van der Waals surface area contributed by atoms with Crippen molar-refractivity contribution in [1.29, 1.82) is 0 Å². The van der Waals surface area contributed by atoms with E-state index in [9.17, 15) is 4.79 Å². The van der Waals surface area contributed by atoms with Crippen LogP contribution in [0.2, 0.25) is 0 Å². The molecule has 3 aromatic rings. The van der Waals surface area contributed by atoms with E-state index >= 15 is 0 Å². The number of nitrogens with one attached hydrogen (secondary N) is 2. The van der Waals surface area contributed by atoms with Crippen LogP contribution in [0, 0.1) is 0 Å². The average molecular weight is 352 g/mol. The molecule has 0 saturated heterocycles. The molecule has 0 spiro atoms. The van der Waals surface area contributed by atoms with Gasteiger partial charge in [0, 0.05) is 17.1 Å². The number of rotatable bonds is 4. The number of amides is 1. The third kappa shape index (κ3) is 3.32. The second-order valence-electron chi connectivity index (χ2n) is 5.75. The summed E-state index contributed by atoms with van der Waals surface area (Å²) in [6, 6.07) is 15.7. The highest BCUT2D eigenvalue weighted by molar-refractivity contribution is 7.09. The van der Waals surface area contributed by atoms with Crippen molar-refractivity contribution in [1.82, 2.24) is 9.36 Å². The molecule has 7 heteroatoms. The van der Waals surface area contributed by atoms with Gasteiger partial charge in [-0.2, -0.15) is 9.36 Å². The first-order valence-electron chi connectivity index (χ1n) is 7.91. The molecule has 126 valence electrons. The quantitative estimate of drug-likeness (QED) is 0.749. The fraction of sp³-hybridized carbons (Fsp3) is 0.167. The lowest BCUT2D eigenvalue weighted by atomic mass is 10.1. The van der Waals surface area contributed by atoms with Crippen molar-refractivity contribution in [3.63, 3.8) is 0 Å². The van der Waals surface area contributed by atoms with Gasteiger partial charge in [-0.1, -0.05) is 36.4 Å². The first-order chi connectivity index (χ1) is 12.2. The molecule has 1 amide bonds. The van der Waals surface area contributed by atoms with E-state index < -0.39 is 0 Å². The third-order valence-electron chi connectivity index (χ3n) is 3.93. The molecular weight excluding hydrogens is 336 g/mol. The highest BCUT2D eigenvalue weighted by atomic mass is 32.1. The van der Waals surface area contributed by atoms with Gasteiger partial charge in [0.1, 0.15) is 5.75 Å². The number of hydrogen-bond acceptors (Lipinski definition) is 6. The topological polar surface area (TPSA) is 76.1 Å². The minimum absolute atomic E-state index is 0.0145. The number of ether oxygens (including phenoxy) is 1. The molecule has 0 radical (unpaired) electrons. The van der Waals surface area contributed by atoms with Crippen LogP contribution in [-0.2, 0) is 4.79 Å². The Kier molecular flexibility index (Phi) is 4.07. The lowest BCUT2D eigenvalue weighted by Crippen LogP contribution is -2.25. The van der Waals surface area contributed by atoms with E-state index in [0.29, 0.717) is 17.3 Å². The zero-order chi connectivity index (χ0) is 17.2. The fourth-order valence-electron chi connectivity index (χ4n) is 2.63. The summed E-state index contributed by atoms with van der Waals surface area (Å²) >= 11 is 1.33. The van der Waals surface area contributed by atoms with Gasteiger partial charge in [0.25, 0.3) is 5.91 Å². The molecule has 2 N–H and O–H groups in total. The smallest absolute Gasteiger partial charge is 0.262 e. The van der Waals surface area contributed by atoms with Crippen molar-refractivity contribution in [2.75, 3.05) is 17.2 Å². The van der Waals surface area contributed by atoms with Gasteiger partial charge in [0.2, 0.25) is 5.13 Å². The number of aromatic nitrogens is 2. The van der Waals surface area contributed by atoms with Crippen molar-refractivity contribution in [3.05, 3.63) is 54.1 Å². The molecule has 6 nitrogen and oxygen atoms in total. The number of carbonyl (C=O) groups is 1. The lowest BCUT2D eigenvalue weighted by Gasteiger charge is -2.20. The Morgan fingerprint density at radius 1 is 1.24 bits per heavy atom. The molecule has 1 aliphatic heterocycles. The Bertz CT molecular complexity index is 910. The van der Waals surface area contributed by atoms with Gasteiger partial charge < -0.3 is 15.4 Å². The second-order valence-corrected chi connectivity index (χ2v) is 6.50. The summed E-state index contributed by atoms with van der Waals surface area (Å²) < 4.78 is 9.79. The molecule has 2 aromatic carbocycles. The minimum Gasteiger partial charge on any atom is -0.482 e. The van der Waals surface area contributed by atoms with Gasteiger partial charge in [-0.15, -0.1) is 0 Å². The van der Waals surface area contributed by atoms with Gasteiger partial charge >= 0.3 is 0 Å². The normalized spacial score (nSPS) is 14.2. The molecule has 0 bridgehead atoms. The van der Waals surface area contributed by atoms with Crippen LogP contribution in [0.25, 0.3) is 11.4 Å². The van der Waals surface area contributed by atoms with Crippen LogP contribution in [0.5, 0.6) is 5.75 Å². The van der Waals surface area contributed by atoms with Crippen LogP contribution in [0.1, 0.15) is 18.5 Å². The van der Waals surface area contributed by atoms with E-state index in [0.717, 1.165) is 16.3 Å². The maximum atomic E-state index is 11.5. The molecule has 1 aliphatic rings. The van der Waals surface area contributed by atoms with E-state index in [-0.39, 0.29) is 18.6 Å².